The molecule has 0 spiro atoms. The van der Waals surface area contributed by atoms with Crippen LogP contribution in [0.15, 0.2) is 109 Å². The summed E-state index contributed by atoms with van der Waals surface area (Å²) in [5.41, 5.74) is 4.97. The lowest BCUT2D eigenvalue weighted by molar-refractivity contribution is -0.891. The molecule has 0 saturated heterocycles. The minimum Gasteiger partial charge on any atom is -0.458 e. The van der Waals surface area contributed by atoms with Crippen LogP contribution in [0.3, 0.4) is 0 Å². The van der Waals surface area contributed by atoms with Crippen LogP contribution in [0.2, 0.25) is 0 Å². The second-order valence-corrected chi connectivity index (χ2v) is 7.70. The van der Waals surface area contributed by atoms with Crippen LogP contribution in [-0.4, -0.2) is 24.1 Å². The van der Waals surface area contributed by atoms with Gasteiger partial charge in [-0.3, -0.25) is 4.48 Å². The van der Waals surface area contributed by atoms with Crippen LogP contribution in [0.25, 0.3) is 0 Å². The van der Waals surface area contributed by atoms with Crippen LogP contribution in [0.5, 0.6) is 5.75 Å². The molecule has 144 valence electrons. The largest absolute Gasteiger partial charge is 0.458 e. The molecule has 0 fully saturated rings. The van der Waals surface area contributed by atoms with Crippen molar-refractivity contribution >= 4 is 11.4 Å². The van der Waals surface area contributed by atoms with E-state index in [1.807, 2.05) is 12.3 Å². The molecular weight excluding hydrogens is 356 g/mol. The Bertz CT molecular complexity index is 1000. The van der Waals surface area contributed by atoms with Gasteiger partial charge in [0.2, 0.25) is 0 Å². The van der Waals surface area contributed by atoms with Crippen LogP contribution in [0.4, 0.5) is 11.4 Å². The fourth-order valence-electron chi connectivity index (χ4n) is 4.36. The van der Waals surface area contributed by atoms with Crippen molar-refractivity contribution in [3.63, 3.8) is 0 Å². The summed E-state index contributed by atoms with van der Waals surface area (Å²) in [6.07, 6.45) is 6.45. The average Bonchev–Trinajstić information content (AvgIpc) is 3.10. The van der Waals surface area contributed by atoms with Crippen LogP contribution in [0.1, 0.15) is 5.56 Å². The fraction of sp³-hybridized carbons (Fsp3) is 0.154. The number of hydrogen-bond acceptors (Lipinski definition) is 2. The fourth-order valence-corrected chi connectivity index (χ4v) is 4.36. The second-order valence-electron chi connectivity index (χ2n) is 7.70. The van der Waals surface area contributed by atoms with Gasteiger partial charge in [0.15, 0.2) is 12.0 Å². The van der Waals surface area contributed by atoms with Gasteiger partial charge in [-0.1, -0.05) is 48.5 Å². The lowest BCUT2D eigenvalue weighted by atomic mass is 10.1. The number of benzene rings is 3. The second kappa shape index (κ2) is 7.61. The van der Waals surface area contributed by atoms with Gasteiger partial charge in [0.25, 0.3) is 0 Å². The smallest absolute Gasteiger partial charge is 0.168 e. The monoisotopic (exact) mass is 381 g/mol. The first kappa shape index (κ1) is 17.8. The van der Waals surface area contributed by atoms with Crippen LogP contribution < -0.4 is 9.64 Å². The molecule has 0 aliphatic carbocycles. The third-order valence-corrected chi connectivity index (χ3v) is 5.93. The van der Waals surface area contributed by atoms with E-state index in [1.165, 1.54) is 22.6 Å². The zero-order valence-electron chi connectivity index (χ0n) is 16.4. The van der Waals surface area contributed by atoms with Gasteiger partial charge in [-0.25, -0.2) is 0 Å². The van der Waals surface area contributed by atoms with E-state index in [-0.39, 0.29) is 0 Å². The molecule has 5 rings (SSSR count). The van der Waals surface area contributed by atoms with Gasteiger partial charge in [-0.05, 0) is 42.5 Å². The van der Waals surface area contributed by atoms with Crippen molar-refractivity contribution in [2.24, 2.45) is 0 Å². The van der Waals surface area contributed by atoms with E-state index in [0.717, 1.165) is 36.4 Å². The number of allylic oxidation sites excluding steroid dienone is 1. The highest BCUT2D eigenvalue weighted by molar-refractivity contribution is 5.62. The van der Waals surface area contributed by atoms with E-state index in [2.05, 4.69) is 95.9 Å². The number of para-hydroxylation sites is 3. The number of nitrogens with zero attached hydrogens (tertiary/aromatic N) is 2. The molecule has 3 heteroatoms. The highest BCUT2D eigenvalue weighted by Crippen LogP contribution is 2.36. The third kappa shape index (κ3) is 3.45. The van der Waals surface area contributed by atoms with Gasteiger partial charge in [0.1, 0.15) is 25.4 Å². The van der Waals surface area contributed by atoms with Gasteiger partial charge in [-0.2, -0.15) is 0 Å². The molecule has 0 N–H and O–H groups in total. The van der Waals surface area contributed by atoms with E-state index in [9.17, 15) is 0 Å². The lowest BCUT2D eigenvalue weighted by Gasteiger charge is -2.36. The van der Waals surface area contributed by atoms with E-state index in [0.29, 0.717) is 0 Å². The molecule has 3 nitrogen and oxygen atoms in total. The molecule has 2 heterocycles. The van der Waals surface area contributed by atoms with Gasteiger partial charge in [0.05, 0.1) is 6.54 Å². The maximum absolute atomic E-state index is 6.02. The summed E-state index contributed by atoms with van der Waals surface area (Å²) >= 11 is 0. The molecule has 0 aromatic heterocycles. The quantitative estimate of drug-likeness (QED) is 0.530. The first-order valence-corrected chi connectivity index (χ1v) is 10.2. The average molecular weight is 381 g/mol. The third-order valence-electron chi connectivity index (χ3n) is 5.93. The van der Waals surface area contributed by atoms with Crippen molar-refractivity contribution < 1.29 is 9.22 Å². The van der Waals surface area contributed by atoms with Crippen LogP contribution >= 0.6 is 0 Å². The van der Waals surface area contributed by atoms with E-state index < -0.39 is 0 Å². The lowest BCUT2D eigenvalue weighted by Crippen LogP contribution is -2.47. The molecular formula is C26H25N2O+. The molecule has 0 bridgehead atoms. The molecule has 3 aromatic carbocycles. The van der Waals surface area contributed by atoms with Gasteiger partial charge < -0.3 is 9.64 Å². The summed E-state index contributed by atoms with van der Waals surface area (Å²) in [6.45, 7) is 3.88. The summed E-state index contributed by atoms with van der Waals surface area (Å²) in [7, 11) is 0. The minimum absolute atomic E-state index is 0.896. The summed E-state index contributed by atoms with van der Waals surface area (Å²) in [5, 5.41) is 0. The highest BCUT2D eigenvalue weighted by Gasteiger charge is 2.38. The van der Waals surface area contributed by atoms with Crippen molar-refractivity contribution in [3.05, 3.63) is 115 Å². The first-order chi connectivity index (χ1) is 14.3. The van der Waals surface area contributed by atoms with Crippen molar-refractivity contribution in [1.29, 1.82) is 0 Å². The summed E-state index contributed by atoms with van der Waals surface area (Å²) in [4.78, 5) is 2.42. The predicted octanol–water partition coefficient (Wildman–Crippen LogP) is 5.65. The number of rotatable bonds is 5. The Morgan fingerprint density at radius 1 is 0.793 bits per heavy atom. The summed E-state index contributed by atoms with van der Waals surface area (Å²) in [5.74, 6) is 0.975. The normalized spacial score (nSPS) is 19.5. The van der Waals surface area contributed by atoms with Gasteiger partial charge in [-0.15, -0.1) is 0 Å². The minimum atomic E-state index is 0.896. The zero-order chi connectivity index (χ0) is 19.5. The predicted molar refractivity (Wildman–Crippen MR) is 118 cm³/mol. The maximum Gasteiger partial charge on any atom is 0.168 e. The Morgan fingerprint density at radius 2 is 1.45 bits per heavy atom. The zero-order valence-corrected chi connectivity index (χ0v) is 16.4. The molecule has 29 heavy (non-hydrogen) atoms. The van der Waals surface area contributed by atoms with Crippen molar-refractivity contribution in [2.45, 2.75) is 6.54 Å². The Labute approximate surface area is 172 Å². The summed E-state index contributed by atoms with van der Waals surface area (Å²) in [6, 6.07) is 29.7. The molecule has 1 unspecified atom stereocenters. The Morgan fingerprint density at radius 3 is 2.17 bits per heavy atom. The molecule has 2 aliphatic heterocycles. The molecule has 2 aliphatic rings. The summed E-state index contributed by atoms with van der Waals surface area (Å²) < 4.78 is 6.92. The van der Waals surface area contributed by atoms with Crippen molar-refractivity contribution in [1.82, 2.24) is 0 Å². The maximum atomic E-state index is 6.02. The van der Waals surface area contributed by atoms with Crippen molar-refractivity contribution in [3.8, 4) is 5.75 Å². The van der Waals surface area contributed by atoms with Gasteiger partial charge in [0, 0.05) is 23.0 Å². The molecule has 0 amide bonds. The standard InChI is InChI=1S/C26H25N2O/c1-3-11-23(12-4-1)27(24-13-5-2-6-14-24)17-19-28-18-9-15-25(28)21-29-26-16-8-7-10-22(26)20-28/h1-16,21H,17-20H2/q+1. The Kier molecular flexibility index (Phi) is 4.66. The number of hydrogen-bond donors (Lipinski definition) is 0. The van der Waals surface area contributed by atoms with E-state index in [4.69, 9.17) is 4.74 Å². The van der Waals surface area contributed by atoms with E-state index >= 15 is 0 Å². The Balaban J connectivity index is 1.46. The first-order valence-electron chi connectivity index (χ1n) is 10.2. The van der Waals surface area contributed by atoms with Crippen LogP contribution in [0, 0.1) is 0 Å². The SMILES string of the molecule is C1=CC2=COc3ccccc3C[N+]2(CCN(c2ccccc2)c2ccccc2)C1. The van der Waals surface area contributed by atoms with E-state index in [1.54, 1.807) is 0 Å². The number of quaternary nitrogens is 1. The highest BCUT2D eigenvalue weighted by atomic mass is 16.5. The van der Waals surface area contributed by atoms with Crippen LogP contribution in [-0.2, 0) is 6.54 Å². The van der Waals surface area contributed by atoms with Gasteiger partial charge >= 0.3 is 0 Å². The molecule has 0 radical (unpaired) electrons. The number of anilines is 2. The van der Waals surface area contributed by atoms with Crippen molar-refractivity contribution in [2.75, 3.05) is 24.5 Å². The topological polar surface area (TPSA) is 12.5 Å². The molecule has 1 atom stereocenters. The number of ether oxygens (including phenoxy) is 1. The molecule has 0 saturated carbocycles. The molecule has 3 aromatic rings. The number of fused-ring (bicyclic) bond motifs is 2. The Hall–Kier alpha value is -3.30.